The van der Waals surface area contributed by atoms with Gasteiger partial charge in [0.25, 0.3) is 5.91 Å². The highest BCUT2D eigenvalue weighted by atomic mass is 16.5. The van der Waals surface area contributed by atoms with Crippen molar-refractivity contribution in [2.75, 3.05) is 33.8 Å². The van der Waals surface area contributed by atoms with Gasteiger partial charge in [0.1, 0.15) is 17.9 Å². The second kappa shape index (κ2) is 9.34. The first-order valence-electron chi connectivity index (χ1n) is 10.7. The minimum Gasteiger partial charge on any atom is -0.503 e. The highest BCUT2D eigenvalue weighted by molar-refractivity contribution is 6.16. The predicted octanol–water partition coefficient (Wildman–Crippen LogP) is 4.14. The van der Waals surface area contributed by atoms with Gasteiger partial charge in [-0.05, 0) is 43.9 Å². The molecule has 0 spiro atoms. The van der Waals surface area contributed by atoms with Crippen molar-refractivity contribution >= 4 is 22.7 Å². The molecule has 1 aromatic heterocycles. The number of carbonyl (C=O) groups is 2. The first-order chi connectivity index (χ1) is 15.9. The first-order valence-corrected chi connectivity index (χ1v) is 10.7. The maximum Gasteiger partial charge on any atom is 0.290 e. The summed E-state index contributed by atoms with van der Waals surface area (Å²) in [6.07, 6.45) is 1.65. The molecule has 33 heavy (non-hydrogen) atoms. The average Bonchev–Trinajstić information content (AvgIpc) is 3.35. The zero-order chi connectivity index (χ0) is 23.5. The number of rotatable bonds is 9. The zero-order valence-corrected chi connectivity index (χ0v) is 18.7. The van der Waals surface area contributed by atoms with Crippen LogP contribution in [-0.4, -0.2) is 60.4 Å². The quantitative estimate of drug-likeness (QED) is 0.393. The van der Waals surface area contributed by atoms with Crippen molar-refractivity contribution in [2.45, 2.75) is 6.04 Å². The van der Waals surface area contributed by atoms with Crippen LogP contribution in [-0.2, 0) is 4.79 Å². The molecule has 0 bridgehead atoms. The van der Waals surface area contributed by atoms with Crippen molar-refractivity contribution in [2.24, 2.45) is 0 Å². The Bertz CT molecular complexity index is 1190. The Hall–Kier alpha value is -3.84. The second-order valence-electron chi connectivity index (χ2n) is 8.11. The largest absolute Gasteiger partial charge is 0.503 e. The van der Waals surface area contributed by atoms with Crippen LogP contribution in [0.25, 0.3) is 11.0 Å². The lowest BCUT2D eigenvalue weighted by Crippen LogP contribution is -2.36. The van der Waals surface area contributed by atoms with E-state index in [1.165, 1.54) is 4.90 Å². The van der Waals surface area contributed by atoms with E-state index in [-0.39, 0.29) is 11.3 Å². The van der Waals surface area contributed by atoms with E-state index in [4.69, 9.17) is 9.15 Å². The predicted molar refractivity (Wildman–Crippen MR) is 125 cm³/mol. The van der Waals surface area contributed by atoms with Crippen molar-refractivity contribution in [3.63, 3.8) is 0 Å². The van der Waals surface area contributed by atoms with E-state index >= 15 is 0 Å². The number of hydrogen-bond donors (Lipinski definition) is 1. The number of furan rings is 1. The summed E-state index contributed by atoms with van der Waals surface area (Å²) in [5.74, 6) is -0.914. The number of carbonyl (C=O) groups excluding carboxylic acids is 2. The van der Waals surface area contributed by atoms with Gasteiger partial charge in [-0.2, -0.15) is 0 Å². The van der Waals surface area contributed by atoms with Gasteiger partial charge in [0.05, 0.1) is 11.6 Å². The van der Waals surface area contributed by atoms with Crippen LogP contribution in [0.4, 0.5) is 0 Å². The fraction of sp³-hybridized carbons (Fsp3) is 0.231. The summed E-state index contributed by atoms with van der Waals surface area (Å²) in [5.41, 5.74) is 1.27. The van der Waals surface area contributed by atoms with E-state index in [1.54, 1.807) is 42.5 Å². The van der Waals surface area contributed by atoms with Crippen LogP contribution in [0.3, 0.4) is 0 Å². The molecule has 170 valence electrons. The molecule has 4 rings (SSSR count). The molecule has 0 saturated heterocycles. The SMILES string of the molecule is C=CCOc1ccc(C2C(C(=O)c3cc4ccccc4o3)=C(O)C(=O)N2CCN(C)C)cc1. The summed E-state index contributed by atoms with van der Waals surface area (Å²) in [4.78, 5) is 30.0. The van der Waals surface area contributed by atoms with Crippen molar-refractivity contribution in [1.82, 2.24) is 9.80 Å². The normalized spacial score (nSPS) is 16.2. The molecular weight excluding hydrogens is 420 g/mol. The second-order valence-corrected chi connectivity index (χ2v) is 8.11. The molecule has 0 radical (unpaired) electrons. The van der Waals surface area contributed by atoms with Gasteiger partial charge in [-0.3, -0.25) is 9.59 Å². The van der Waals surface area contributed by atoms with Crippen molar-refractivity contribution in [1.29, 1.82) is 0 Å². The molecule has 3 aromatic rings. The molecule has 2 heterocycles. The molecule has 1 amide bonds. The van der Waals surface area contributed by atoms with Gasteiger partial charge in [0, 0.05) is 18.5 Å². The molecule has 0 fully saturated rings. The number of Topliss-reactive ketones (excluding diaryl/α,β-unsaturated/α-hetero) is 1. The number of aliphatic hydroxyl groups is 1. The van der Waals surface area contributed by atoms with E-state index in [9.17, 15) is 14.7 Å². The van der Waals surface area contributed by atoms with Crippen molar-refractivity contribution in [3.8, 4) is 5.75 Å². The third-order valence-corrected chi connectivity index (χ3v) is 5.55. The molecule has 1 N–H and O–H groups in total. The van der Waals surface area contributed by atoms with E-state index in [0.717, 1.165) is 5.39 Å². The zero-order valence-electron chi connectivity index (χ0n) is 18.7. The Kier molecular flexibility index (Phi) is 6.33. The average molecular weight is 447 g/mol. The van der Waals surface area contributed by atoms with Crippen LogP contribution in [0.2, 0.25) is 0 Å². The lowest BCUT2D eigenvalue weighted by molar-refractivity contribution is -0.129. The third kappa shape index (κ3) is 4.40. The van der Waals surface area contributed by atoms with Crippen molar-refractivity contribution < 1.29 is 23.8 Å². The lowest BCUT2D eigenvalue weighted by Gasteiger charge is -2.28. The van der Waals surface area contributed by atoms with Gasteiger partial charge in [0.2, 0.25) is 5.78 Å². The molecule has 1 aliphatic rings. The Balaban J connectivity index is 1.74. The Morgan fingerprint density at radius 3 is 2.61 bits per heavy atom. The summed E-state index contributed by atoms with van der Waals surface area (Å²) in [7, 11) is 3.80. The van der Waals surface area contributed by atoms with E-state index in [1.807, 2.05) is 37.2 Å². The van der Waals surface area contributed by atoms with Crippen LogP contribution in [0.5, 0.6) is 5.75 Å². The molecule has 7 nitrogen and oxygen atoms in total. The van der Waals surface area contributed by atoms with Crippen LogP contribution in [0.1, 0.15) is 22.2 Å². The van der Waals surface area contributed by atoms with Gasteiger partial charge in [-0.1, -0.05) is 43.0 Å². The molecular formula is C26H26N2O5. The van der Waals surface area contributed by atoms with Crippen LogP contribution in [0.15, 0.2) is 83.0 Å². The van der Waals surface area contributed by atoms with Gasteiger partial charge in [-0.15, -0.1) is 0 Å². The highest BCUT2D eigenvalue weighted by Gasteiger charge is 2.44. The number of amides is 1. The van der Waals surface area contributed by atoms with Crippen LogP contribution < -0.4 is 4.74 Å². The summed E-state index contributed by atoms with van der Waals surface area (Å²) < 4.78 is 11.3. The van der Waals surface area contributed by atoms with Crippen LogP contribution in [0, 0.1) is 0 Å². The minimum absolute atomic E-state index is 0.0116. The molecule has 2 aromatic carbocycles. The van der Waals surface area contributed by atoms with Gasteiger partial charge in [0.15, 0.2) is 11.5 Å². The molecule has 1 aliphatic heterocycles. The van der Waals surface area contributed by atoms with E-state index in [2.05, 4.69) is 6.58 Å². The maximum absolute atomic E-state index is 13.5. The standard InChI is InChI=1S/C26H26N2O5/c1-4-15-32-19-11-9-17(10-12-19)23-22(25(30)26(31)28(23)14-13-27(2)3)24(29)21-16-18-7-5-6-8-20(18)33-21/h4-12,16,23,30H,1,13-15H2,2-3H3. The first kappa shape index (κ1) is 22.4. The maximum atomic E-state index is 13.5. The fourth-order valence-corrected chi connectivity index (χ4v) is 3.90. The molecule has 1 atom stereocenters. The monoisotopic (exact) mass is 446 g/mol. The van der Waals surface area contributed by atoms with Gasteiger partial charge >= 0.3 is 0 Å². The van der Waals surface area contributed by atoms with E-state index in [0.29, 0.717) is 36.6 Å². The molecule has 7 heteroatoms. The smallest absolute Gasteiger partial charge is 0.290 e. The molecule has 0 aliphatic carbocycles. The number of ether oxygens (including phenoxy) is 1. The Morgan fingerprint density at radius 1 is 1.21 bits per heavy atom. The number of para-hydroxylation sites is 1. The van der Waals surface area contributed by atoms with Crippen molar-refractivity contribution in [3.05, 3.63) is 89.9 Å². The number of fused-ring (bicyclic) bond motifs is 1. The topological polar surface area (TPSA) is 83.2 Å². The summed E-state index contributed by atoms with van der Waals surface area (Å²) in [6.45, 7) is 4.92. The fourth-order valence-electron chi connectivity index (χ4n) is 3.90. The lowest BCUT2D eigenvalue weighted by atomic mass is 9.95. The summed E-state index contributed by atoms with van der Waals surface area (Å²) in [6, 6.07) is 15.3. The highest BCUT2D eigenvalue weighted by Crippen LogP contribution is 2.39. The van der Waals surface area contributed by atoms with Crippen LogP contribution >= 0.6 is 0 Å². The molecule has 1 unspecified atom stereocenters. The number of aliphatic hydroxyl groups excluding tert-OH is 1. The molecule has 0 saturated carbocycles. The van der Waals surface area contributed by atoms with Gasteiger partial charge < -0.3 is 24.1 Å². The number of likely N-dealkylation sites (N-methyl/N-ethyl adjacent to an activating group) is 1. The number of hydrogen-bond acceptors (Lipinski definition) is 6. The third-order valence-electron chi connectivity index (χ3n) is 5.55. The number of nitrogens with zero attached hydrogens (tertiary/aromatic N) is 2. The Morgan fingerprint density at radius 2 is 1.94 bits per heavy atom. The minimum atomic E-state index is -0.744. The Labute approximate surface area is 192 Å². The summed E-state index contributed by atoms with van der Waals surface area (Å²) >= 11 is 0. The number of benzene rings is 2. The van der Waals surface area contributed by atoms with Gasteiger partial charge in [-0.25, -0.2) is 0 Å². The van der Waals surface area contributed by atoms with E-state index < -0.39 is 23.5 Å². The summed E-state index contributed by atoms with van der Waals surface area (Å²) in [5, 5.41) is 11.6. The number of ketones is 1.